The van der Waals surface area contributed by atoms with Crippen LogP contribution < -0.4 is 0 Å². The number of piperidine rings is 1. The minimum absolute atomic E-state index is 0.0644. The molecule has 0 saturated carbocycles. The van der Waals surface area contributed by atoms with Crippen molar-refractivity contribution in [3.8, 4) is 0 Å². The summed E-state index contributed by atoms with van der Waals surface area (Å²) in [6.45, 7) is 2.58. The van der Waals surface area contributed by atoms with Crippen LogP contribution >= 0.6 is 22.6 Å². The highest BCUT2D eigenvalue weighted by molar-refractivity contribution is 14.1. The summed E-state index contributed by atoms with van der Waals surface area (Å²) in [6.07, 6.45) is 1.81. The fourth-order valence-electron chi connectivity index (χ4n) is 2.67. The molecule has 4 nitrogen and oxygen atoms in total. The average Bonchev–Trinajstić information content (AvgIpc) is 2.87. The van der Waals surface area contributed by atoms with Gasteiger partial charge in [0, 0.05) is 22.1 Å². The van der Waals surface area contributed by atoms with E-state index in [2.05, 4.69) is 22.6 Å². The van der Waals surface area contributed by atoms with Gasteiger partial charge in [0.2, 0.25) is 0 Å². The molecule has 1 aromatic rings. The Kier molecular flexibility index (Phi) is 3.77. The van der Waals surface area contributed by atoms with Crippen molar-refractivity contribution in [3.63, 3.8) is 0 Å². The number of nitrogens with zero attached hydrogens (tertiary/aromatic N) is 1. The van der Waals surface area contributed by atoms with E-state index in [0.29, 0.717) is 19.8 Å². The molecule has 0 radical (unpaired) electrons. The average molecular weight is 373 g/mol. The molecule has 102 valence electrons. The van der Waals surface area contributed by atoms with Gasteiger partial charge in [-0.05, 0) is 53.3 Å². The van der Waals surface area contributed by atoms with Gasteiger partial charge in [-0.1, -0.05) is 0 Å². The largest absolute Gasteiger partial charge is 0.346 e. The number of amides is 1. The van der Waals surface area contributed by atoms with Crippen molar-refractivity contribution in [3.05, 3.63) is 33.4 Å². The van der Waals surface area contributed by atoms with Crippen LogP contribution in [0.5, 0.6) is 0 Å². The van der Waals surface area contributed by atoms with E-state index in [-0.39, 0.29) is 5.91 Å². The molecule has 3 rings (SSSR count). The van der Waals surface area contributed by atoms with E-state index >= 15 is 0 Å². The zero-order chi connectivity index (χ0) is 13.3. The third-order valence-electron chi connectivity index (χ3n) is 3.61. The Hall–Kier alpha value is -0.660. The molecule has 2 heterocycles. The highest BCUT2D eigenvalue weighted by atomic mass is 127. The maximum Gasteiger partial charge on any atom is 0.254 e. The number of carbonyl (C=O) groups is 1. The first kappa shape index (κ1) is 13.3. The molecule has 5 heteroatoms. The molecule has 2 aliphatic heterocycles. The van der Waals surface area contributed by atoms with Crippen LogP contribution in [0.15, 0.2) is 24.3 Å². The quantitative estimate of drug-likeness (QED) is 0.709. The fraction of sp³-hybridized carbons (Fsp3) is 0.500. The van der Waals surface area contributed by atoms with Crippen molar-refractivity contribution in [1.82, 2.24) is 4.90 Å². The molecule has 1 aromatic carbocycles. The Labute approximate surface area is 126 Å². The minimum atomic E-state index is -0.545. The number of ether oxygens (including phenoxy) is 2. The van der Waals surface area contributed by atoms with E-state index in [4.69, 9.17) is 9.47 Å². The number of rotatable bonds is 1. The van der Waals surface area contributed by atoms with Crippen molar-refractivity contribution in [2.24, 2.45) is 0 Å². The molecule has 0 aromatic heterocycles. The van der Waals surface area contributed by atoms with Crippen LogP contribution in [-0.4, -0.2) is 42.9 Å². The first-order valence-electron chi connectivity index (χ1n) is 6.51. The molecule has 2 aliphatic rings. The van der Waals surface area contributed by atoms with Crippen LogP contribution in [0, 0.1) is 3.57 Å². The van der Waals surface area contributed by atoms with Crippen LogP contribution in [0.25, 0.3) is 0 Å². The van der Waals surface area contributed by atoms with Crippen LogP contribution in [0.3, 0.4) is 0 Å². The van der Waals surface area contributed by atoms with Crippen LogP contribution in [0.2, 0.25) is 0 Å². The summed E-state index contributed by atoms with van der Waals surface area (Å²) in [4.78, 5) is 14.3. The molecule has 19 heavy (non-hydrogen) atoms. The smallest absolute Gasteiger partial charge is 0.254 e. The lowest BCUT2D eigenvalue weighted by molar-refractivity contribution is -0.183. The zero-order valence-corrected chi connectivity index (χ0v) is 12.8. The van der Waals surface area contributed by atoms with Gasteiger partial charge in [0.25, 0.3) is 5.91 Å². The Morgan fingerprint density at radius 2 is 1.89 bits per heavy atom. The van der Waals surface area contributed by atoms with Gasteiger partial charge < -0.3 is 14.4 Å². The summed E-state index contributed by atoms with van der Waals surface area (Å²) < 4.78 is 12.5. The second-order valence-corrected chi connectivity index (χ2v) is 6.19. The van der Waals surface area contributed by atoms with Gasteiger partial charge in [-0.3, -0.25) is 4.79 Å². The lowest BCUT2D eigenvalue weighted by Crippen LogP contribution is -2.51. The molecule has 1 spiro atoms. The van der Waals surface area contributed by atoms with E-state index in [1.807, 2.05) is 29.2 Å². The summed E-state index contributed by atoms with van der Waals surface area (Å²) in [5.74, 6) is -0.480. The third kappa shape index (κ3) is 2.78. The molecule has 0 N–H and O–H groups in total. The van der Waals surface area contributed by atoms with Gasteiger partial charge in [0.1, 0.15) is 0 Å². The molecule has 2 saturated heterocycles. The van der Waals surface area contributed by atoms with Crippen LogP contribution in [0.1, 0.15) is 23.2 Å². The van der Waals surface area contributed by atoms with Gasteiger partial charge >= 0.3 is 0 Å². The maximum absolute atomic E-state index is 12.5. The van der Waals surface area contributed by atoms with Crippen molar-refractivity contribution < 1.29 is 14.3 Å². The van der Waals surface area contributed by atoms with E-state index in [0.717, 1.165) is 28.5 Å². The predicted molar refractivity (Wildman–Crippen MR) is 78.9 cm³/mol. The number of likely N-dealkylation sites (tertiary alicyclic amines) is 1. The van der Waals surface area contributed by atoms with Gasteiger partial charge in [-0.25, -0.2) is 0 Å². The molecular formula is C14H16INO3. The van der Waals surface area contributed by atoms with Gasteiger partial charge in [-0.2, -0.15) is 0 Å². The van der Waals surface area contributed by atoms with Crippen LogP contribution in [0.4, 0.5) is 0 Å². The minimum Gasteiger partial charge on any atom is -0.346 e. The van der Waals surface area contributed by atoms with Crippen molar-refractivity contribution in [2.75, 3.05) is 26.3 Å². The number of benzene rings is 1. The zero-order valence-electron chi connectivity index (χ0n) is 10.6. The Morgan fingerprint density at radius 3 is 2.58 bits per heavy atom. The molecular weight excluding hydrogens is 357 g/mol. The standard InChI is InChI=1S/C14H16INO3/c15-12-4-2-11(3-5-12)13(17)16-7-1-6-14(10-16)18-8-9-19-14/h2-5H,1,6-10H2. The second kappa shape index (κ2) is 5.38. The van der Waals surface area contributed by atoms with Gasteiger partial charge in [0.05, 0.1) is 19.8 Å². The van der Waals surface area contributed by atoms with E-state index in [9.17, 15) is 4.79 Å². The van der Waals surface area contributed by atoms with Crippen LogP contribution in [-0.2, 0) is 9.47 Å². The van der Waals surface area contributed by atoms with Crippen molar-refractivity contribution in [1.29, 1.82) is 0 Å². The third-order valence-corrected chi connectivity index (χ3v) is 4.33. The highest BCUT2D eigenvalue weighted by Crippen LogP contribution is 2.30. The highest BCUT2D eigenvalue weighted by Gasteiger charge is 2.42. The van der Waals surface area contributed by atoms with Crippen molar-refractivity contribution >= 4 is 28.5 Å². The maximum atomic E-state index is 12.5. The molecule has 1 amide bonds. The van der Waals surface area contributed by atoms with Crippen molar-refractivity contribution in [2.45, 2.75) is 18.6 Å². The first-order valence-corrected chi connectivity index (χ1v) is 7.59. The molecule has 0 bridgehead atoms. The molecule has 0 atom stereocenters. The number of halogens is 1. The Morgan fingerprint density at radius 1 is 1.21 bits per heavy atom. The Bertz CT molecular complexity index is 468. The van der Waals surface area contributed by atoms with E-state index in [1.54, 1.807) is 0 Å². The molecule has 2 fully saturated rings. The summed E-state index contributed by atoms with van der Waals surface area (Å²) in [7, 11) is 0. The number of carbonyl (C=O) groups excluding carboxylic acids is 1. The van der Waals surface area contributed by atoms with E-state index in [1.165, 1.54) is 0 Å². The number of hydrogen-bond donors (Lipinski definition) is 0. The van der Waals surface area contributed by atoms with Gasteiger partial charge in [-0.15, -0.1) is 0 Å². The fourth-order valence-corrected chi connectivity index (χ4v) is 3.03. The molecule has 0 unspecified atom stereocenters. The summed E-state index contributed by atoms with van der Waals surface area (Å²) in [5, 5.41) is 0. The summed E-state index contributed by atoms with van der Waals surface area (Å²) >= 11 is 2.24. The lowest BCUT2D eigenvalue weighted by atomic mass is 10.0. The second-order valence-electron chi connectivity index (χ2n) is 4.94. The summed E-state index contributed by atoms with van der Waals surface area (Å²) in [5.41, 5.74) is 0.732. The SMILES string of the molecule is O=C(c1ccc(I)cc1)N1CCCC2(C1)OCCO2. The summed E-state index contributed by atoms with van der Waals surface area (Å²) in [6, 6.07) is 7.66. The Balaban J connectivity index is 1.74. The first-order chi connectivity index (χ1) is 9.19. The predicted octanol–water partition coefficient (Wildman–Crippen LogP) is 2.27. The topological polar surface area (TPSA) is 38.8 Å². The monoisotopic (exact) mass is 373 g/mol. The number of hydrogen-bond acceptors (Lipinski definition) is 3. The molecule has 0 aliphatic carbocycles. The lowest BCUT2D eigenvalue weighted by Gasteiger charge is -2.38. The normalized spacial score (nSPS) is 21.8. The van der Waals surface area contributed by atoms with E-state index < -0.39 is 5.79 Å². The van der Waals surface area contributed by atoms with Gasteiger partial charge in [0.15, 0.2) is 5.79 Å².